The number of likely N-dealkylation sites (N-methyl/N-ethyl adjacent to an activating group) is 1. The minimum Gasteiger partial charge on any atom is -0.358 e. The second-order valence-electron chi connectivity index (χ2n) is 3.73. The smallest absolute Gasteiger partial charge is 0.240 e. The van der Waals surface area contributed by atoms with Crippen molar-refractivity contribution >= 4 is 21.6 Å². The van der Waals surface area contributed by atoms with Gasteiger partial charge in [-0.2, -0.15) is 0 Å². The van der Waals surface area contributed by atoms with Gasteiger partial charge in [-0.3, -0.25) is 9.10 Å². The van der Waals surface area contributed by atoms with Crippen molar-refractivity contribution in [3.8, 4) is 0 Å². The van der Waals surface area contributed by atoms with Crippen molar-refractivity contribution in [1.29, 1.82) is 0 Å². The fourth-order valence-electron chi connectivity index (χ4n) is 1.43. The number of benzene rings is 1. The van der Waals surface area contributed by atoms with E-state index in [1.165, 1.54) is 7.05 Å². The van der Waals surface area contributed by atoms with Gasteiger partial charge in [0, 0.05) is 7.05 Å². The Kier molecular flexibility index (Phi) is 4.11. The van der Waals surface area contributed by atoms with Gasteiger partial charge >= 0.3 is 0 Å². The van der Waals surface area contributed by atoms with Crippen LogP contribution in [0, 0.1) is 6.92 Å². The molecule has 0 bridgehead atoms. The SMILES string of the molecule is CNC(=O)CN(c1ccccc1C)S(C)(=O)=O. The Hall–Kier alpha value is -1.56. The van der Waals surface area contributed by atoms with Crippen LogP contribution in [0.2, 0.25) is 0 Å². The van der Waals surface area contributed by atoms with Gasteiger partial charge in [0.05, 0.1) is 11.9 Å². The number of anilines is 1. The number of sulfonamides is 1. The summed E-state index contributed by atoms with van der Waals surface area (Å²) < 4.78 is 24.5. The maximum Gasteiger partial charge on any atom is 0.240 e. The number of carbonyl (C=O) groups is 1. The highest BCUT2D eigenvalue weighted by molar-refractivity contribution is 7.92. The van der Waals surface area contributed by atoms with Crippen LogP contribution in [0.4, 0.5) is 5.69 Å². The number of nitrogens with one attached hydrogen (secondary N) is 1. The van der Waals surface area contributed by atoms with Crippen molar-refractivity contribution in [3.05, 3.63) is 29.8 Å². The molecule has 0 spiro atoms. The van der Waals surface area contributed by atoms with Crippen molar-refractivity contribution in [1.82, 2.24) is 5.32 Å². The highest BCUT2D eigenvalue weighted by Crippen LogP contribution is 2.21. The Morgan fingerprint density at radius 3 is 2.41 bits per heavy atom. The van der Waals surface area contributed by atoms with E-state index in [1.54, 1.807) is 25.1 Å². The Balaban J connectivity index is 3.17. The molecule has 0 aliphatic carbocycles. The molecule has 0 heterocycles. The summed E-state index contributed by atoms with van der Waals surface area (Å²) in [6, 6.07) is 7.04. The monoisotopic (exact) mass is 256 g/mol. The van der Waals surface area contributed by atoms with E-state index < -0.39 is 10.0 Å². The van der Waals surface area contributed by atoms with E-state index in [2.05, 4.69) is 5.32 Å². The van der Waals surface area contributed by atoms with E-state index in [0.717, 1.165) is 16.1 Å². The van der Waals surface area contributed by atoms with Crippen LogP contribution in [0.25, 0.3) is 0 Å². The van der Waals surface area contributed by atoms with Crippen molar-refractivity contribution in [2.45, 2.75) is 6.92 Å². The normalized spacial score (nSPS) is 11.0. The maximum absolute atomic E-state index is 11.7. The molecule has 0 aromatic heterocycles. The first kappa shape index (κ1) is 13.5. The lowest BCUT2D eigenvalue weighted by Crippen LogP contribution is -2.39. The lowest BCUT2D eigenvalue weighted by atomic mass is 10.2. The van der Waals surface area contributed by atoms with Crippen LogP contribution >= 0.6 is 0 Å². The van der Waals surface area contributed by atoms with Crippen LogP contribution in [0.15, 0.2) is 24.3 Å². The van der Waals surface area contributed by atoms with E-state index in [0.29, 0.717) is 5.69 Å². The first-order chi connectivity index (χ1) is 7.86. The second kappa shape index (κ2) is 5.18. The number of carbonyl (C=O) groups excluding carboxylic acids is 1. The molecule has 5 nitrogen and oxygen atoms in total. The molecule has 1 N–H and O–H groups in total. The summed E-state index contributed by atoms with van der Waals surface area (Å²) in [5.41, 5.74) is 1.33. The molecule has 0 atom stereocenters. The Labute approximate surface area is 101 Å². The van der Waals surface area contributed by atoms with Crippen LogP contribution in [-0.2, 0) is 14.8 Å². The molecule has 0 aliphatic heterocycles. The molecule has 0 saturated carbocycles. The van der Waals surface area contributed by atoms with E-state index in [1.807, 2.05) is 6.07 Å². The summed E-state index contributed by atoms with van der Waals surface area (Å²) in [5.74, 6) is -0.348. The van der Waals surface area contributed by atoms with Gasteiger partial charge in [-0.1, -0.05) is 18.2 Å². The highest BCUT2D eigenvalue weighted by Gasteiger charge is 2.21. The Morgan fingerprint density at radius 2 is 1.94 bits per heavy atom. The van der Waals surface area contributed by atoms with Gasteiger partial charge in [0.1, 0.15) is 6.54 Å². The molecule has 0 fully saturated rings. The average molecular weight is 256 g/mol. The number of amides is 1. The number of aryl methyl sites for hydroxylation is 1. The number of hydrogen-bond acceptors (Lipinski definition) is 3. The number of nitrogens with zero attached hydrogens (tertiary/aromatic N) is 1. The van der Waals surface area contributed by atoms with Crippen LogP contribution < -0.4 is 9.62 Å². The molecule has 1 amide bonds. The van der Waals surface area contributed by atoms with Gasteiger partial charge in [-0.15, -0.1) is 0 Å². The third kappa shape index (κ3) is 3.45. The molecular formula is C11H16N2O3S. The van der Waals surface area contributed by atoms with Crippen LogP contribution in [0.3, 0.4) is 0 Å². The predicted octanol–water partition coefficient (Wildman–Crippen LogP) is 0.507. The van der Waals surface area contributed by atoms with E-state index in [9.17, 15) is 13.2 Å². The zero-order valence-corrected chi connectivity index (χ0v) is 10.9. The van der Waals surface area contributed by atoms with Crippen molar-refractivity contribution in [3.63, 3.8) is 0 Å². The molecule has 6 heteroatoms. The van der Waals surface area contributed by atoms with Crippen LogP contribution in [0.5, 0.6) is 0 Å². The summed E-state index contributed by atoms with van der Waals surface area (Å²) in [7, 11) is -2.00. The minimum absolute atomic E-state index is 0.208. The molecular weight excluding hydrogens is 240 g/mol. The number of para-hydroxylation sites is 1. The lowest BCUT2D eigenvalue weighted by Gasteiger charge is -2.23. The molecule has 17 heavy (non-hydrogen) atoms. The second-order valence-corrected chi connectivity index (χ2v) is 5.64. The summed E-state index contributed by atoms with van der Waals surface area (Å²) >= 11 is 0. The Morgan fingerprint density at radius 1 is 1.35 bits per heavy atom. The van der Waals surface area contributed by atoms with Gasteiger partial charge < -0.3 is 5.32 Å². The summed E-state index contributed by atoms with van der Waals surface area (Å²) in [5, 5.41) is 2.41. The number of hydrogen-bond donors (Lipinski definition) is 1. The van der Waals surface area contributed by atoms with E-state index >= 15 is 0 Å². The molecule has 0 unspecified atom stereocenters. The first-order valence-electron chi connectivity index (χ1n) is 5.10. The fourth-order valence-corrected chi connectivity index (χ4v) is 2.35. The molecule has 0 aliphatic rings. The third-order valence-electron chi connectivity index (χ3n) is 2.35. The molecule has 0 radical (unpaired) electrons. The van der Waals surface area contributed by atoms with Crippen molar-refractivity contribution < 1.29 is 13.2 Å². The molecule has 94 valence electrons. The van der Waals surface area contributed by atoms with Gasteiger partial charge in [-0.05, 0) is 18.6 Å². The quantitative estimate of drug-likeness (QED) is 0.853. The van der Waals surface area contributed by atoms with Crippen molar-refractivity contribution in [2.75, 3.05) is 24.2 Å². The topological polar surface area (TPSA) is 66.5 Å². The summed E-state index contributed by atoms with van der Waals surface area (Å²) in [4.78, 5) is 11.3. The van der Waals surface area contributed by atoms with Crippen LogP contribution in [0.1, 0.15) is 5.56 Å². The molecule has 1 aromatic rings. The fraction of sp³-hybridized carbons (Fsp3) is 0.364. The highest BCUT2D eigenvalue weighted by atomic mass is 32.2. The van der Waals surface area contributed by atoms with Gasteiger partial charge in [0.15, 0.2) is 0 Å². The average Bonchev–Trinajstić information content (AvgIpc) is 2.25. The summed E-state index contributed by atoms with van der Waals surface area (Å²) in [6.07, 6.45) is 1.09. The Bertz CT molecular complexity index is 511. The molecule has 1 rings (SSSR count). The maximum atomic E-state index is 11.7. The lowest BCUT2D eigenvalue weighted by molar-refractivity contribution is -0.119. The van der Waals surface area contributed by atoms with Crippen LogP contribution in [-0.4, -0.2) is 34.2 Å². The first-order valence-corrected chi connectivity index (χ1v) is 6.95. The van der Waals surface area contributed by atoms with Gasteiger partial charge in [-0.25, -0.2) is 8.42 Å². The largest absolute Gasteiger partial charge is 0.358 e. The zero-order valence-electron chi connectivity index (χ0n) is 10.1. The minimum atomic E-state index is -3.47. The van der Waals surface area contributed by atoms with E-state index in [-0.39, 0.29) is 12.5 Å². The molecule has 1 aromatic carbocycles. The van der Waals surface area contributed by atoms with E-state index in [4.69, 9.17) is 0 Å². The summed E-state index contributed by atoms with van der Waals surface area (Å²) in [6.45, 7) is 1.59. The molecule has 0 saturated heterocycles. The number of rotatable bonds is 4. The standard InChI is InChI=1S/C11H16N2O3S/c1-9-6-4-5-7-10(9)13(17(3,15)16)8-11(14)12-2/h4-7H,8H2,1-3H3,(H,12,14). The third-order valence-corrected chi connectivity index (χ3v) is 3.48. The predicted molar refractivity (Wildman–Crippen MR) is 67.4 cm³/mol. The van der Waals surface area contributed by atoms with Crippen molar-refractivity contribution in [2.24, 2.45) is 0 Å². The van der Waals surface area contributed by atoms with Gasteiger partial charge in [0.2, 0.25) is 15.9 Å². The zero-order chi connectivity index (χ0) is 13.1. The van der Waals surface area contributed by atoms with Gasteiger partial charge in [0.25, 0.3) is 0 Å².